The van der Waals surface area contributed by atoms with E-state index in [4.69, 9.17) is 10.5 Å². The second-order valence-corrected chi connectivity index (χ2v) is 5.37. The number of rotatable bonds is 6. The normalized spacial score (nSPS) is 14.0. The lowest BCUT2D eigenvalue weighted by atomic mass is 10.2. The Morgan fingerprint density at radius 3 is 2.76 bits per heavy atom. The molecule has 0 bridgehead atoms. The molecule has 0 spiro atoms. The fourth-order valence-electron chi connectivity index (χ4n) is 2.46. The summed E-state index contributed by atoms with van der Waals surface area (Å²) in [5.41, 5.74) is 7.89. The maximum absolute atomic E-state index is 5.87. The number of anilines is 2. The van der Waals surface area contributed by atoms with Crippen LogP contribution in [0.4, 0.5) is 11.5 Å². The van der Waals surface area contributed by atoms with Crippen LogP contribution in [0.3, 0.4) is 0 Å². The Kier molecular flexibility index (Phi) is 3.95. The summed E-state index contributed by atoms with van der Waals surface area (Å²) < 4.78 is 5.51. The Balaban J connectivity index is 1.83. The highest BCUT2D eigenvalue weighted by Crippen LogP contribution is 2.33. The molecule has 3 rings (SSSR count). The molecule has 0 amide bonds. The van der Waals surface area contributed by atoms with Gasteiger partial charge in [-0.25, -0.2) is 0 Å². The summed E-state index contributed by atoms with van der Waals surface area (Å²) in [5, 5.41) is 0. The van der Waals surface area contributed by atoms with E-state index in [1.54, 1.807) is 0 Å². The van der Waals surface area contributed by atoms with Crippen LogP contribution in [0.2, 0.25) is 0 Å². The number of nitrogens with two attached hydrogens (primary N) is 1. The number of nitrogen functional groups attached to an aromatic ring is 1. The van der Waals surface area contributed by atoms with E-state index in [9.17, 15) is 0 Å². The molecule has 4 nitrogen and oxygen atoms in total. The van der Waals surface area contributed by atoms with Crippen molar-refractivity contribution in [1.29, 1.82) is 0 Å². The van der Waals surface area contributed by atoms with Gasteiger partial charge in [0.05, 0.1) is 6.61 Å². The molecule has 21 heavy (non-hydrogen) atoms. The summed E-state index contributed by atoms with van der Waals surface area (Å²) in [4.78, 5) is 6.96. The smallest absolute Gasteiger partial charge is 0.215 e. The summed E-state index contributed by atoms with van der Waals surface area (Å²) in [6.07, 6.45) is 2.45. The molecule has 1 saturated carbocycles. The molecule has 1 fully saturated rings. The number of pyridine rings is 1. The van der Waals surface area contributed by atoms with Crippen molar-refractivity contribution in [2.75, 3.05) is 17.2 Å². The largest absolute Gasteiger partial charge is 0.478 e. The number of ether oxygens (including phenoxy) is 1. The minimum atomic E-state index is 0.579. The van der Waals surface area contributed by atoms with Gasteiger partial charge in [0.2, 0.25) is 5.88 Å². The lowest BCUT2D eigenvalue weighted by Gasteiger charge is -2.24. The van der Waals surface area contributed by atoms with Crippen LogP contribution in [-0.4, -0.2) is 17.6 Å². The van der Waals surface area contributed by atoms with Gasteiger partial charge in [-0.2, -0.15) is 4.98 Å². The van der Waals surface area contributed by atoms with Crippen LogP contribution in [0.1, 0.15) is 25.3 Å². The highest BCUT2D eigenvalue weighted by atomic mass is 16.5. The molecule has 110 valence electrons. The topological polar surface area (TPSA) is 51.4 Å². The van der Waals surface area contributed by atoms with Crippen LogP contribution in [0.15, 0.2) is 42.5 Å². The van der Waals surface area contributed by atoms with Gasteiger partial charge in [0.1, 0.15) is 5.82 Å². The first-order valence-corrected chi connectivity index (χ1v) is 7.47. The molecule has 1 aliphatic rings. The Bertz CT molecular complexity index is 610. The van der Waals surface area contributed by atoms with E-state index < -0.39 is 0 Å². The highest BCUT2D eigenvalue weighted by Gasteiger charge is 2.30. The molecule has 0 radical (unpaired) electrons. The maximum atomic E-state index is 5.87. The van der Waals surface area contributed by atoms with Crippen molar-refractivity contribution in [2.45, 2.75) is 32.4 Å². The molecule has 4 heteroatoms. The molecule has 1 aliphatic carbocycles. The fraction of sp³-hybridized carbons (Fsp3) is 0.353. The molecule has 1 aromatic heterocycles. The van der Waals surface area contributed by atoms with E-state index in [0.29, 0.717) is 18.5 Å². The molecule has 0 aliphatic heterocycles. The lowest BCUT2D eigenvalue weighted by molar-refractivity contribution is 0.327. The maximum Gasteiger partial charge on any atom is 0.215 e. The van der Waals surface area contributed by atoms with Gasteiger partial charge in [0.25, 0.3) is 0 Å². The molecule has 1 heterocycles. The van der Waals surface area contributed by atoms with E-state index in [-0.39, 0.29) is 0 Å². The van der Waals surface area contributed by atoms with Gasteiger partial charge in [-0.1, -0.05) is 18.2 Å². The number of benzene rings is 1. The molecular weight excluding hydrogens is 262 g/mol. The minimum Gasteiger partial charge on any atom is -0.478 e. The number of aromatic nitrogens is 1. The Morgan fingerprint density at radius 1 is 1.24 bits per heavy atom. The molecule has 0 atom stereocenters. The predicted octanol–water partition coefficient (Wildman–Crippen LogP) is 3.23. The molecule has 2 N–H and O–H groups in total. The fourth-order valence-corrected chi connectivity index (χ4v) is 2.46. The summed E-state index contributed by atoms with van der Waals surface area (Å²) >= 11 is 0. The Hall–Kier alpha value is -2.23. The van der Waals surface area contributed by atoms with Gasteiger partial charge in [0.15, 0.2) is 0 Å². The van der Waals surface area contributed by atoms with Crippen molar-refractivity contribution >= 4 is 11.5 Å². The third kappa shape index (κ3) is 3.45. The third-order valence-electron chi connectivity index (χ3n) is 3.59. The average Bonchev–Trinajstić information content (AvgIpc) is 3.30. The van der Waals surface area contributed by atoms with Gasteiger partial charge in [0, 0.05) is 24.3 Å². The third-order valence-corrected chi connectivity index (χ3v) is 3.59. The zero-order valence-corrected chi connectivity index (χ0v) is 12.3. The highest BCUT2D eigenvalue weighted by molar-refractivity contribution is 5.47. The zero-order valence-electron chi connectivity index (χ0n) is 12.3. The molecule has 1 aromatic carbocycles. The molecule has 2 aromatic rings. The Morgan fingerprint density at radius 2 is 2.05 bits per heavy atom. The van der Waals surface area contributed by atoms with Crippen molar-refractivity contribution in [3.05, 3.63) is 48.0 Å². The SMILES string of the molecule is CCOc1cccc(N(Cc2cccc(N)c2)C2CC2)n1. The second kappa shape index (κ2) is 6.04. The minimum absolute atomic E-state index is 0.579. The summed E-state index contributed by atoms with van der Waals surface area (Å²) in [6.45, 7) is 3.44. The van der Waals surface area contributed by atoms with E-state index in [0.717, 1.165) is 18.1 Å². The van der Waals surface area contributed by atoms with E-state index in [1.807, 2.05) is 43.3 Å². The van der Waals surface area contributed by atoms with Crippen molar-refractivity contribution in [3.8, 4) is 5.88 Å². The van der Waals surface area contributed by atoms with Crippen LogP contribution >= 0.6 is 0 Å². The van der Waals surface area contributed by atoms with Gasteiger partial charge >= 0.3 is 0 Å². The lowest BCUT2D eigenvalue weighted by Crippen LogP contribution is -2.26. The monoisotopic (exact) mass is 283 g/mol. The van der Waals surface area contributed by atoms with E-state index in [1.165, 1.54) is 18.4 Å². The summed E-state index contributed by atoms with van der Waals surface area (Å²) in [6, 6.07) is 14.6. The molecular formula is C17H21N3O. The first-order chi connectivity index (χ1) is 10.3. The van der Waals surface area contributed by atoms with Crippen LogP contribution in [0.25, 0.3) is 0 Å². The predicted molar refractivity (Wildman–Crippen MR) is 85.5 cm³/mol. The van der Waals surface area contributed by atoms with Crippen molar-refractivity contribution in [3.63, 3.8) is 0 Å². The zero-order chi connectivity index (χ0) is 14.7. The quantitative estimate of drug-likeness (QED) is 0.827. The van der Waals surface area contributed by atoms with Gasteiger partial charge in [-0.05, 0) is 43.5 Å². The van der Waals surface area contributed by atoms with Crippen molar-refractivity contribution < 1.29 is 4.74 Å². The standard InChI is InChI=1S/C17H21N3O/c1-2-21-17-8-4-7-16(19-17)20(15-9-10-15)12-13-5-3-6-14(18)11-13/h3-8,11,15H,2,9-10,12,18H2,1H3. The number of nitrogens with zero attached hydrogens (tertiary/aromatic N) is 2. The number of hydrogen-bond acceptors (Lipinski definition) is 4. The van der Waals surface area contributed by atoms with E-state index in [2.05, 4.69) is 16.0 Å². The average molecular weight is 283 g/mol. The van der Waals surface area contributed by atoms with Crippen LogP contribution < -0.4 is 15.4 Å². The van der Waals surface area contributed by atoms with Gasteiger partial charge in [-0.3, -0.25) is 0 Å². The first kappa shape index (κ1) is 13.7. The van der Waals surface area contributed by atoms with Crippen LogP contribution in [0, 0.1) is 0 Å². The first-order valence-electron chi connectivity index (χ1n) is 7.47. The van der Waals surface area contributed by atoms with Crippen molar-refractivity contribution in [1.82, 2.24) is 4.98 Å². The molecule has 0 unspecified atom stereocenters. The van der Waals surface area contributed by atoms with E-state index >= 15 is 0 Å². The number of hydrogen-bond donors (Lipinski definition) is 1. The molecule has 0 saturated heterocycles. The van der Waals surface area contributed by atoms with Crippen LogP contribution in [-0.2, 0) is 6.54 Å². The summed E-state index contributed by atoms with van der Waals surface area (Å²) in [7, 11) is 0. The summed E-state index contributed by atoms with van der Waals surface area (Å²) in [5.74, 6) is 1.67. The van der Waals surface area contributed by atoms with Crippen LogP contribution in [0.5, 0.6) is 5.88 Å². The van der Waals surface area contributed by atoms with Gasteiger partial charge < -0.3 is 15.4 Å². The van der Waals surface area contributed by atoms with Gasteiger partial charge in [-0.15, -0.1) is 0 Å². The Labute approximate surface area is 125 Å². The second-order valence-electron chi connectivity index (χ2n) is 5.37. The van der Waals surface area contributed by atoms with Crippen molar-refractivity contribution in [2.24, 2.45) is 0 Å².